The molecule has 1 saturated carbocycles. The number of benzene rings is 1. The Hall–Kier alpha value is -2.89. The van der Waals surface area contributed by atoms with Gasteiger partial charge in [-0.2, -0.15) is 0 Å². The fourth-order valence-electron chi connectivity index (χ4n) is 5.23. The van der Waals surface area contributed by atoms with Crippen molar-refractivity contribution in [1.29, 1.82) is 0 Å². The van der Waals surface area contributed by atoms with Crippen LogP contribution in [-0.2, 0) is 6.54 Å². The van der Waals surface area contributed by atoms with Gasteiger partial charge in [0, 0.05) is 19.0 Å². The molecule has 5 rings (SSSR count). The van der Waals surface area contributed by atoms with Gasteiger partial charge in [0.05, 0.1) is 12.8 Å². The second-order valence-corrected chi connectivity index (χ2v) is 8.44. The minimum atomic E-state index is -0.0171. The third-order valence-corrected chi connectivity index (χ3v) is 6.67. The van der Waals surface area contributed by atoms with Crippen LogP contribution in [0.2, 0.25) is 0 Å². The molecule has 1 aliphatic carbocycles. The number of carbonyl (C=O) groups excluding carboxylic acids is 1. The van der Waals surface area contributed by atoms with Crippen LogP contribution in [0.15, 0.2) is 59.5 Å². The van der Waals surface area contributed by atoms with Crippen molar-refractivity contribution in [3.63, 3.8) is 0 Å². The Kier molecular flexibility index (Phi) is 4.70. The quantitative estimate of drug-likeness (QED) is 0.672. The van der Waals surface area contributed by atoms with Crippen molar-refractivity contribution >= 4 is 5.91 Å². The molecule has 3 heterocycles. The van der Waals surface area contributed by atoms with Crippen LogP contribution >= 0.6 is 0 Å². The average molecular weight is 390 g/mol. The van der Waals surface area contributed by atoms with E-state index < -0.39 is 0 Å². The summed E-state index contributed by atoms with van der Waals surface area (Å²) in [6, 6.07) is 13.9. The molecular formula is C23H26N4O2. The standard InChI is InChI=1S/C23H26N4O2/c28-22(20-10-7-13-29-20)26-15-19(23(16-26)11-5-2-6-12-23)21-25-24-17-27(21)14-18-8-3-1-4-9-18/h1,3-4,7-10,13,17,19H,2,5-6,11-12,14-16H2. The third-order valence-electron chi connectivity index (χ3n) is 6.67. The van der Waals surface area contributed by atoms with Gasteiger partial charge in [-0.1, -0.05) is 49.6 Å². The molecule has 1 aliphatic heterocycles. The van der Waals surface area contributed by atoms with E-state index in [0.29, 0.717) is 12.3 Å². The minimum Gasteiger partial charge on any atom is -0.459 e. The Morgan fingerprint density at radius 3 is 2.69 bits per heavy atom. The van der Waals surface area contributed by atoms with Gasteiger partial charge >= 0.3 is 0 Å². The first-order chi connectivity index (χ1) is 14.3. The maximum absolute atomic E-state index is 13.0. The summed E-state index contributed by atoms with van der Waals surface area (Å²) < 4.78 is 7.55. The molecule has 2 fully saturated rings. The highest BCUT2D eigenvalue weighted by Crippen LogP contribution is 2.51. The molecule has 1 spiro atoms. The van der Waals surface area contributed by atoms with Crippen LogP contribution in [0.4, 0.5) is 0 Å². The van der Waals surface area contributed by atoms with Gasteiger partial charge in [0.2, 0.25) is 0 Å². The largest absolute Gasteiger partial charge is 0.459 e. The lowest BCUT2D eigenvalue weighted by Crippen LogP contribution is -2.34. The summed E-state index contributed by atoms with van der Waals surface area (Å²) in [7, 11) is 0. The summed E-state index contributed by atoms with van der Waals surface area (Å²) in [5, 5.41) is 8.80. The second-order valence-electron chi connectivity index (χ2n) is 8.44. The fourth-order valence-corrected chi connectivity index (χ4v) is 5.23. The monoisotopic (exact) mass is 390 g/mol. The van der Waals surface area contributed by atoms with Crippen LogP contribution in [0, 0.1) is 5.41 Å². The van der Waals surface area contributed by atoms with E-state index in [1.807, 2.05) is 17.3 Å². The van der Waals surface area contributed by atoms with Crippen molar-refractivity contribution in [2.45, 2.75) is 44.6 Å². The molecule has 0 N–H and O–H groups in total. The highest BCUT2D eigenvalue weighted by Gasteiger charge is 2.50. The number of furan rings is 1. The van der Waals surface area contributed by atoms with E-state index in [0.717, 1.165) is 31.8 Å². The van der Waals surface area contributed by atoms with E-state index in [-0.39, 0.29) is 17.2 Å². The Labute approximate surface area is 170 Å². The topological polar surface area (TPSA) is 64.2 Å². The molecule has 6 heteroatoms. The summed E-state index contributed by atoms with van der Waals surface area (Å²) >= 11 is 0. The zero-order valence-corrected chi connectivity index (χ0v) is 16.5. The molecule has 2 aromatic heterocycles. The smallest absolute Gasteiger partial charge is 0.289 e. The van der Waals surface area contributed by atoms with Gasteiger partial charge in [-0.3, -0.25) is 4.79 Å². The molecule has 3 aromatic rings. The van der Waals surface area contributed by atoms with Crippen molar-refractivity contribution in [3.8, 4) is 0 Å². The molecular weight excluding hydrogens is 364 g/mol. The van der Waals surface area contributed by atoms with E-state index in [9.17, 15) is 4.79 Å². The fraction of sp³-hybridized carbons (Fsp3) is 0.435. The van der Waals surface area contributed by atoms with E-state index in [2.05, 4.69) is 39.0 Å². The number of likely N-dealkylation sites (tertiary alicyclic amines) is 1. The Morgan fingerprint density at radius 2 is 1.93 bits per heavy atom. The molecule has 6 nitrogen and oxygen atoms in total. The summed E-state index contributed by atoms with van der Waals surface area (Å²) in [5.41, 5.74) is 1.31. The number of nitrogens with zero attached hydrogens (tertiary/aromatic N) is 4. The van der Waals surface area contributed by atoms with Crippen molar-refractivity contribution < 1.29 is 9.21 Å². The number of hydrogen-bond acceptors (Lipinski definition) is 4. The van der Waals surface area contributed by atoms with Crippen molar-refractivity contribution in [1.82, 2.24) is 19.7 Å². The van der Waals surface area contributed by atoms with E-state index in [4.69, 9.17) is 4.42 Å². The molecule has 2 aliphatic rings. The van der Waals surface area contributed by atoms with Crippen LogP contribution in [-0.4, -0.2) is 38.7 Å². The summed E-state index contributed by atoms with van der Waals surface area (Å²) in [6.45, 7) is 2.20. The molecule has 0 bridgehead atoms. The van der Waals surface area contributed by atoms with Crippen molar-refractivity contribution in [2.24, 2.45) is 5.41 Å². The van der Waals surface area contributed by atoms with Crippen LogP contribution in [0.3, 0.4) is 0 Å². The lowest BCUT2D eigenvalue weighted by molar-refractivity contribution is 0.0727. The molecule has 1 unspecified atom stereocenters. The molecule has 1 saturated heterocycles. The Bertz CT molecular complexity index is 958. The van der Waals surface area contributed by atoms with Gasteiger partial charge in [0.25, 0.3) is 5.91 Å². The maximum atomic E-state index is 13.0. The van der Waals surface area contributed by atoms with Gasteiger partial charge in [-0.05, 0) is 36.0 Å². The number of aromatic nitrogens is 3. The van der Waals surface area contributed by atoms with Crippen LogP contribution in [0.5, 0.6) is 0 Å². The van der Waals surface area contributed by atoms with Gasteiger partial charge in [0.15, 0.2) is 5.76 Å². The lowest BCUT2D eigenvalue weighted by atomic mass is 9.67. The summed E-state index contributed by atoms with van der Waals surface area (Å²) in [4.78, 5) is 15.0. The first-order valence-electron chi connectivity index (χ1n) is 10.5. The molecule has 0 radical (unpaired) electrons. The van der Waals surface area contributed by atoms with Gasteiger partial charge < -0.3 is 13.9 Å². The van der Waals surface area contributed by atoms with Crippen LogP contribution in [0.25, 0.3) is 0 Å². The number of amides is 1. The third kappa shape index (κ3) is 3.37. The zero-order chi connectivity index (χ0) is 19.7. The van der Waals surface area contributed by atoms with Gasteiger partial charge in [0.1, 0.15) is 12.2 Å². The predicted molar refractivity (Wildman–Crippen MR) is 108 cm³/mol. The normalized spacial score (nSPS) is 21.0. The van der Waals surface area contributed by atoms with E-state index >= 15 is 0 Å². The van der Waals surface area contributed by atoms with Gasteiger partial charge in [-0.25, -0.2) is 0 Å². The molecule has 1 atom stereocenters. The van der Waals surface area contributed by atoms with Crippen LogP contribution in [0.1, 0.15) is 60.0 Å². The number of carbonyl (C=O) groups is 1. The maximum Gasteiger partial charge on any atom is 0.289 e. The summed E-state index contributed by atoms with van der Waals surface area (Å²) in [5.74, 6) is 1.61. The zero-order valence-electron chi connectivity index (χ0n) is 16.5. The molecule has 1 aromatic carbocycles. The Balaban J connectivity index is 1.46. The molecule has 1 amide bonds. The first-order valence-corrected chi connectivity index (χ1v) is 10.5. The van der Waals surface area contributed by atoms with Crippen molar-refractivity contribution in [2.75, 3.05) is 13.1 Å². The highest BCUT2D eigenvalue weighted by molar-refractivity contribution is 5.91. The number of rotatable bonds is 4. The highest BCUT2D eigenvalue weighted by atomic mass is 16.3. The van der Waals surface area contributed by atoms with Gasteiger partial charge in [-0.15, -0.1) is 10.2 Å². The minimum absolute atomic E-state index is 0.0171. The Morgan fingerprint density at radius 1 is 1.10 bits per heavy atom. The van der Waals surface area contributed by atoms with E-state index in [1.54, 1.807) is 18.4 Å². The van der Waals surface area contributed by atoms with Crippen LogP contribution < -0.4 is 0 Å². The average Bonchev–Trinajstić information content (AvgIpc) is 3.50. The SMILES string of the molecule is O=C(c1ccco1)N1CC(c2nncn2Cc2ccccc2)C2(CCCCC2)C1. The first kappa shape index (κ1) is 18.2. The lowest BCUT2D eigenvalue weighted by Gasteiger charge is -2.37. The summed E-state index contributed by atoms with van der Waals surface area (Å²) in [6.07, 6.45) is 9.37. The molecule has 29 heavy (non-hydrogen) atoms. The predicted octanol–water partition coefficient (Wildman–Crippen LogP) is 4.11. The van der Waals surface area contributed by atoms with E-state index in [1.165, 1.54) is 24.8 Å². The van der Waals surface area contributed by atoms with Crippen molar-refractivity contribution in [3.05, 3.63) is 72.2 Å². The molecule has 150 valence electrons. The second kappa shape index (κ2) is 7.50. The number of hydrogen-bond donors (Lipinski definition) is 0.